The van der Waals surface area contributed by atoms with Crippen LogP contribution in [-0.2, 0) is 38.4 Å². The molecule has 0 bridgehead atoms. The first kappa shape index (κ1) is 24.1. The first-order chi connectivity index (χ1) is 16.0. The lowest BCUT2D eigenvalue weighted by Crippen LogP contribution is -2.36. The van der Waals surface area contributed by atoms with Gasteiger partial charge in [-0.25, -0.2) is 9.59 Å². The summed E-state index contributed by atoms with van der Waals surface area (Å²) in [6, 6.07) is 9.77. The Morgan fingerprint density at radius 2 is 2.06 bits per heavy atom. The van der Waals surface area contributed by atoms with Crippen molar-refractivity contribution in [3.8, 4) is 11.8 Å². The highest BCUT2D eigenvalue weighted by atomic mass is 32.1. The lowest BCUT2D eigenvalue weighted by molar-refractivity contribution is -0.144. The van der Waals surface area contributed by atoms with E-state index in [9.17, 15) is 19.6 Å². The molecule has 9 nitrogen and oxygen atoms in total. The van der Waals surface area contributed by atoms with Crippen LogP contribution < -0.4 is 10.1 Å². The monoisotopic (exact) mass is 471 g/mol. The van der Waals surface area contributed by atoms with Gasteiger partial charge in [0.05, 0.1) is 25.8 Å². The molecule has 0 atom stereocenters. The summed E-state index contributed by atoms with van der Waals surface area (Å²) < 4.78 is 15.0. The van der Waals surface area contributed by atoms with Crippen LogP contribution >= 0.6 is 11.3 Å². The molecule has 174 valence electrons. The van der Waals surface area contributed by atoms with Crippen LogP contribution in [0.15, 0.2) is 24.3 Å². The number of esters is 1. The van der Waals surface area contributed by atoms with Gasteiger partial charge in [-0.15, -0.1) is 11.3 Å². The quantitative estimate of drug-likeness (QED) is 0.587. The molecular weight excluding hydrogens is 446 g/mol. The highest BCUT2D eigenvalue weighted by molar-refractivity contribution is 7.16. The van der Waals surface area contributed by atoms with Gasteiger partial charge in [0.25, 0.3) is 0 Å². The van der Waals surface area contributed by atoms with Crippen molar-refractivity contribution in [3.63, 3.8) is 0 Å². The first-order valence-electron chi connectivity index (χ1n) is 10.5. The summed E-state index contributed by atoms with van der Waals surface area (Å²) in [6.07, 6.45) is 0.578. The average molecular weight is 472 g/mol. The van der Waals surface area contributed by atoms with Crippen molar-refractivity contribution < 1.29 is 28.6 Å². The molecule has 2 aromatic rings. The molecule has 2 amide bonds. The Kier molecular flexibility index (Phi) is 8.27. The van der Waals surface area contributed by atoms with E-state index in [1.54, 1.807) is 0 Å². The standard InChI is InChI=1S/C23H25N3O6S/c1-3-31-18-7-5-4-6-15(18)8-9-20(27)25-22-17(12-24)16-10-11-26(13-19(16)33-22)23(29)32-14-21(28)30-2/h4-7H,3,8-11,13-14H2,1-2H3,(H,25,27). The molecule has 33 heavy (non-hydrogen) atoms. The van der Waals surface area contributed by atoms with Crippen LogP contribution in [0.2, 0.25) is 0 Å². The van der Waals surface area contributed by atoms with Crippen molar-refractivity contribution in [2.45, 2.75) is 32.7 Å². The van der Waals surface area contributed by atoms with Crippen LogP contribution in [0.4, 0.5) is 9.80 Å². The number of hydrogen-bond acceptors (Lipinski definition) is 8. The van der Waals surface area contributed by atoms with Gasteiger partial charge < -0.3 is 24.4 Å². The molecule has 1 aliphatic rings. The Morgan fingerprint density at radius 3 is 2.79 bits per heavy atom. The number of methoxy groups -OCH3 is 1. The normalized spacial score (nSPS) is 12.3. The minimum Gasteiger partial charge on any atom is -0.494 e. The molecule has 0 radical (unpaired) electrons. The zero-order chi connectivity index (χ0) is 23.8. The van der Waals surface area contributed by atoms with Crippen LogP contribution in [0.3, 0.4) is 0 Å². The summed E-state index contributed by atoms with van der Waals surface area (Å²) in [5.41, 5.74) is 2.21. The SMILES string of the molecule is CCOc1ccccc1CCC(=O)Nc1sc2c(c1C#N)CCN(C(=O)OCC(=O)OC)C2. The largest absolute Gasteiger partial charge is 0.494 e. The fourth-order valence-corrected chi connectivity index (χ4v) is 4.71. The van der Waals surface area contributed by atoms with Crippen molar-refractivity contribution in [2.24, 2.45) is 0 Å². The molecule has 0 saturated carbocycles. The third kappa shape index (κ3) is 6.02. The topological polar surface area (TPSA) is 118 Å². The van der Waals surface area contributed by atoms with Gasteiger partial charge in [-0.05, 0) is 37.0 Å². The Labute approximate surface area is 195 Å². The van der Waals surface area contributed by atoms with E-state index in [1.165, 1.54) is 23.3 Å². The third-order valence-corrected chi connectivity index (χ3v) is 6.25. The maximum atomic E-state index is 12.6. The van der Waals surface area contributed by atoms with Crippen molar-refractivity contribution in [1.29, 1.82) is 5.26 Å². The highest BCUT2D eigenvalue weighted by Gasteiger charge is 2.28. The summed E-state index contributed by atoms with van der Waals surface area (Å²) in [5.74, 6) is -0.0835. The van der Waals surface area contributed by atoms with E-state index in [4.69, 9.17) is 9.47 Å². The Morgan fingerprint density at radius 1 is 1.27 bits per heavy atom. The van der Waals surface area contributed by atoms with Gasteiger partial charge in [-0.1, -0.05) is 18.2 Å². The number of hydrogen-bond donors (Lipinski definition) is 1. The number of carbonyl (C=O) groups is 3. The summed E-state index contributed by atoms with van der Waals surface area (Å²) in [7, 11) is 1.21. The molecule has 3 rings (SSSR count). The number of carbonyl (C=O) groups excluding carboxylic acids is 3. The second kappa shape index (κ2) is 11.3. The van der Waals surface area contributed by atoms with Gasteiger partial charge in [-0.2, -0.15) is 5.26 Å². The van der Waals surface area contributed by atoms with Crippen LogP contribution in [0.25, 0.3) is 0 Å². The molecule has 0 saturated heterocycles. The van der Waals surface area contributed by atoms with Gasteiger partial charge in [0.15, 0.2) is 6.61 Å². The van der Waals surface area contributed by atoms with Crippen molar-refractivity contribution >= 4 is 34.3 Å². The smallest absolute Gasteiger partial charge is 0.410 e. The zero-order valence-corrected chi connectivity index (χ0v) is 19.3. The number of para-hydroxylation sites is 1. The van der Waals surface area contributed by atoms with Gasteiger partial charge in [0.2, 0.25) is 5.91 Å². The van der Waals surface area contributed by atoms with E-state index < -0.39 is 18.7 Å². The number of nitriles is 1. The zero-order valence-electron chi connectivity index (χ0n) is 18.5. The Balaban J connectivity index is 1.63. The molecule has 1 aromatic carbocycles. The minimum absolute atomic E-state index is 0.203. The lowest BCUT2D eigenvalue weighted by atomic mass is 10.0. The fraction of sp³-hybridized carbons (Fsp3) is 0.391. The Hall–Kier alpha value is -3.58. The molecule has 0 fully saturated rings. The first-order valence-corrected chi connectivity index (χ1v) is 11.3. The van der Waals surface area contributed by atoms with Crippen molar-refractivity contribution in [2.75, 3.05) is 32.2 Å². The average Bonchev–Trinajstić information content (AvgIpc) is 3.17. The fourth-order valence-electron chi connectivity index (χ4n) is 3.48. The van der Waals surface area contributed by atoms with Gasteiger partial charge in [0, 0.05) is 17.8 Å². The predicted octanol–water partition coefficient (Wildman–Crippen LogP) is 3.26. The molecule has 1 aliphatic heterocycles. The predicted molar refractivity (Wildman–Crippen MR) is 121 cm³/mol. The van der Waals surface area contributed by atoms with Crippen LogP contribution in [-0.4, -0.2) is 49.7 Å². The molecule has 1 N–H and O–H groups in total. The van der Waals surface area contributed by atoms with Gasteiger partial charge in [0.1, 0.15) is 16.8 Å². The number of anilines is 1. The molecule has 2 heterocycles. The number of ether oxygens (including phenoxy) is 3. The molecular formula is C23H25N3O6S. The number of aryl methyl sites for hydroxylation is 1. The van der Waals surface area contributed by atoms with Crippen molar-refractivity contribution in [3.05, 3.63) is 45.8 Å². The molecule has 0 unspecified atom stereocenters. The number of thiophene rings is 1. The van der Waals surface area contributed by atoms with Crippen LogP contribution in [0, 0.1) is 11.3 Å². The maximum Gasteiger partial charge on any atom is 0.410 e. The van der Waals surface area contributed by atoms with E-state index in [-0.39, 0.29) is 18.9 Å². The Bertz CT molecular complexity index is 1070. The summed E-state index contributed by atoms with van der Waals surface area (Å²) in [6.45, 7) is 2.58. The number of amides is 2. The van der Waals surface area contributed by atoms with Crippen molar-refractivity contribution in [1.82, 2.24) is 4.90 Å². The number of nitrogens with one attached hydrogen (secondary N) is 1. The molecule has 0 aliphatic carbocycles. The van der Waals surface area contributed by atoms with E-state index in [0.717, 1.165) is 21.8 Å². The van der Waals surface area contributed by atoms with Crippen LogP contribution in [0.5, 0.6) is 5.75 Å². The maximum absolute atomic E-state index is 12.6. The summed E-state index contributed by atoms with van der Waals surface area (Å²) >= 11 is 1.28. The second-order valence-corrected chi connectivity index (χ2v) is 8.32. The van der Waals surface area contributed by atoms with E-state index in [0.29, 0.717) is 36.6 Å². The van der Waals surface area contributed by atoms with Gasteiger partial charge in [-0.3, -0.25) is 4.79 Å². The number of rotatable bonds is 8. The van der Waals surface area contributed by atoms with Crippen LogP contribution in [0.1, 0.15) is 34.9 Å². The molecule has 10 heteroatoms. The van der Waals surface area contributed by atoms with Gasteiger partial charge >= 0.3 is 12.1 Å². The number of nitrogens with zero attached hydrogens (tertiary/aromatic N) is 2. The lowest BCUT2D eigenvalue weighted by Gasteiger charge is -2.25. The summed E-state index contributed by atoms with van der Waals surface area (Å²) in [5, 5.41) is 13.0. The molecule has 0 spiro atoms. The molecule has 1 aromatic heterocycles. The number of fused-ring (bicyclic) bond motifs is 1. The van der Waals surface area contributed by atoms with E-state index in [1.807, 2.05) is 31.2 Å². The third-order valence-electron chi connectivity index (χ3n) is 5.11. The minimum atomic E-state index is -0.641. The number of benzene rings is 1. The van der Waals surface area contributed by atoms with E-state index in [2.05, 4.69) is 16.1 Å². The highest BCUT2D eigenvalue weighted by Crippen LogP contribution is 2.37. The second-order valence-electron chi connectivity index (χ2n) is 7.21. The van der Waals surface area contributed by atoms with E-state index >= 15 is 0 Å². The summed E-state index contributed by atoms with van der Waals surface area (Å²) in [4.78, 5) is 38.3.